The van der Waals surface area contributed by atoms with Crippen LogP contribution in [0.25, 0.3) is 0 Å². The molecule has 1 heterocycles. The van der Waals surface area contributed by atoms with Gasteiger partial charge in [-0.3, -0.25) is 9.59 Å². The number of ether oxygens (including phenoxy) is 3. The van der Waals surface area contributed by atoms with E-state index in [4.69, 9.17) is 11.2 Å². The number of terminal acetylenes is 1. The molecule has 1 unspecified atom stereocenters. The zero-order chi connectivity index (χ0) is 13.1. The highest BCUT2D eigenvalue weighted by Crippen LogP contribution is 2.42. The van der Waals surface area contributed by atoms with Crippen LogP contribution in [0.5, 0.6) is 0 Å². The van der Waals surface area contributed by atoms with Gasteiger partial charge in [0, 0.05) is 12.8 Å². The molecular weight excluding hydrogens is 224 g/mol. The second-order valence-corrected chi connectivity index (χ2v) is 4.36. The fourth-order valence-electron chi connectivity index (χ4n) is 1.86. The van der Waals surface area contributed by atoms with Gasteiger partial charge in [0.25, 0.3) is 0 Å². The zero-order valence-corrected chi connectivity index (χ0v) is 10.2. The second-order valence-electron chi connectivity index (χ2n) is 4.36. The lowest BCUT2D eigenvalue weighted by Gasteiger charge is -2.27. The molecule has 0 bridgehead atoms. The molecule has 94 valence electrons. The van der Waals surface area contributed by atoms with Crippen molar-refractivity contribution in [1.82, 2.24) is 0 Å². The monoisotopic (exact) mass is 240 g/mol. The largest absolute Gasteiger partial charge is 0.468 e. The molecule has 1 fully saturated rings. The zero-order valence-electron chi connectivity index (χ0n) is 10.2. The van der Waals surface area contributed by atoms with E-state index in [0.717, 1.165) is 0 Å². The topological polar surface area (TPSA) is 65.1 Å². The van der Waals surface area contributed by atoms with Crippen molar-refractivity contribution in [2.24, 2.45) is 5.41 Å². The lowest BCUT2D eigenvalue weighted by molar-refractivity contribution is -0.170. The maximum absolute atomic E-state index is 11.9. The summed E-state index contributed by atoms with van der Waals surface area (Å²) in [6.07, 6.45) is 5.34. The molecule has 1 aliphatic rings. The van der Waals surface area contributed by atoms with Crippen LogP contribution in [0.4, 0.5) is 0 Å². The Morgan fingerprint density at radius 1 is 1.41 bits per heavy atom. The van der Waals surface area contributed by atoms with Gasteiger partial charge in [0.1, 0.15) is 0 Å². The van der Waals surface area contributed by atoms with Crippen molar-refractivity contribution in [1.29, 1.82) is 0 Å². The third kappa shape index (κ3) is 2.59. The smallest absolute Gasteiger partial charge is 0.324 e. The lowest BCUT2D eigenvalue weighted by Crippen LogP contribution is -2.44. The van der Waals surface area contributed by atoms with Crippen LogP contribution < -0.4 is 0 Å². The summed E-state index contributed by atoms with van der Waals surface area (Å²) in [4.78, 5) is 23.7. The molecule has 0 aromatic rings. The maximum Gasteiger partial charge on any atom is 0.324 e. The van der Waals surface area contributed by atoms with Gasteiger partial charge in [-0.15, -0.1) is 12.3 Å². The first-order valence-corrected chi connectivity index (χ1v) is 5.18. The Hall–Kier alpha value is -1.54. The van der Waals surface area contributed by atoms with Gasteiger partial charge in [0.15, 0.2) is 5.41 Å². The summed E-state index contributed by atoms with van der Waals surface area (Å²) >= 11 is 0. The van der Waals surface area contributed by atoms with Crippen molar-refractivity contribution in [2.45, 2.75) is 25.4 Å². The van der Waals surface area contributed by atoms with Gasteiger partial charge in [-0.25, -0.2) is 0 Å². The Morgan fingerprint density at radius 2 is 1.88 bits per heavy atom. The molecule has 17 heavy (non-hydrogen) atoms. The summed E-state index contributed by atoms with van der Waals surface area (Å²) in [5.41, 5.74) is -1.97. The summed E-state index contributed by atoms with van der Waals surface area (Å²) in [5, 5.41) is 0. The number of carbonyl (C=O) groups excluding carboxylic acids is 2. The number of hydrogen-bond acceptors (Lipinski definition) is 5. The highest BCUT2D eigenvalue weighted by atomic mass is 16.6. The van der Waals surface area contributed by atoms with Crippen molar-refractivity contribution >= 4 is 11.9 Å². The van der Waals surface area contributed by atoms with Crippen LogP contribution in [0, 0.1) is 17.8 Å². The van der Waals surface area contributed by atoms with E-state index in [9.17, 15) is 9.59 Å². The van der Waals surface area contributed by atoms with Gasteiger partial charge in [-0.05, 0) is 6.92 Å². The number of esters is 2. The number of methoxy groups -OCH3 is 2. The average molecular weight is 240 g/mol. The van der Waals surface area contributed by atoms with E-state index in [1.807, 2.05) is 6.92 Å². The van der Waals surface area contributed by atoms with Gasteiger partial charge >= 0.3 is 11.9 Å². The Balaban J connectivity index is 3.06. The summed E-state index contributed by atoms with van der Waals surface area (Å²) < 4.78 is 14.6. The van der Waals surface area contributed by atoms with Crippen molar-refractivity contribution in [3.63, 3.8) is 0 Å². The van der Waals surface area contributed by atoms with Gasteiger partial charge in [-0.2, -0.15) is 0 Å². The van der Waals surface area contributed by atoms with E-state index >= 15 is 0 Å². The van der Waals surface area contributed by atoms with Gasteiger partial charge < -0.3 is 14.2 Å². The standard InChI is InChI=1S/C12H16O5/c1-5-6-12(9(13)15-3,10(14)16-4)7-11(2)8-17-11/h1H,6-8H2,2-4H3. The Labute approximate surface area is 100 Å². The molecular formula is C12H16O5. The van der Waals surface area contributed by atoms with Gasteiger partial charge in [-0.1, -0.05) is 0 Å². The molecule has 0 amide bonds. The van der Waals surface area contributed by atoms with Crippen molar-refractivity contribution in [2.75, 3.05) is 20.8 Å². The summed E-state index contributed by atoms with van der Waals surface area (Å²) in [6.45, 7) is 2.30. The molecule has 1 saturated heterocycles. The third-order valence-electron chi connectivity index (χ3n) is 2.87. The van der Waals surface area contributed by atoms with Crippen LogP contribution in [-0.2, 0) is 23.8 Å². The molecule has 0 aromatic carbocycles. The summed E-state index contributed by atoms with van der Waals surface area (Å²) in [5.74, 6) is 0.969. The van der Waals surface area contributed by atoms with Crippen LogP contribution in [0.1, 0.15) is 19.8 Å². The third-order valence-corrected chi connectivity index (χ3v) is 2.87. The Morgan fingerprint density at radius 3 is 2.18 bits per heavy atom. The van der Waals surface area contributed by atoms with Crippen LogP contribution in [0.2, 0.25) is 0 Å². The van der Waals surface area contributed by atoms with Crippen LogP contribution in [0.3, 0.4) is 0 Å². The minimum atomic E-state index is -1.47. The Kier molecular flexibility index (Phi) is 3.79. The van der Waals surface area contributed by atoms with E-state index in [-0.39, 0.29) is 12.8 Å². The predicted octanol–water partition coefficient (Wildman–Crippen LogP) is 0.521. The van der Waals surface area contributed by atoms with Gasteiger partial charge in [0.05, 0.1) is 26.4 Å². The number of hydrogen-bond donors (Lipinski definition) is 0. The molecule has 0 aromatic heterocycles. The van der Waals surface area contributed by atoms with E-state index in [2.05, 4.69) is 15.4 Å². The molecule has 1 rings (SSSR count). The Bertz CT molecular complexity index is 346. The van der Waals surface area contributed by atoms with E-state index in [1.165, 1.54) is 14.2 Å². The van der Waals surface area contributed by atoms with Crippen LogP contribution >= 0.6 is 0 Å². The van der Waals surface area contributed by atoms with Crippen LogP contribution in [-0.4, -0.2) is 38.4 Å². The molecule has 0 radical (unpaired) electrons. The van der Waals surface area contributed by atoms with Crippen molar-refractivity contribution < 1.29 is 23.8 Å². The number of carbonyl (C=O) groups is 2. The molecule has 1 aliphatic heterocycles. The number of epoxide rings is 1. The van der Waals surface area contributed by atoms with E-state index < -0.39 is 23.0 Å². The SMILES string of the molecule is C#CCC(CC1(C)CO1)(C(=O)OC)C(=O)OC. The first-order valence-electron chi connectivity index (χ1n) is 5.18. The normalized spacial score (nSPS) is 22.5. The molecule has 0 N–H and O–H groups in total. The van der Waals surface area contributed by atoms with E-state index in [1.54, 1.807) is 0 Å². The molecule has 5 nitrogen and oxygen atoms in total. The van der Waals surface area contributed by atoms with Gasteiger partial charge in [0.2, 0.25) is 0 Å². The van der Waals surface area contributed by atoms with E-state index in [0.29, 0.717) is 6.61 Å². The number of rotatable bonds is 5. The average Bonchev–Trinajstić information content (AvgIpc) is 3.04. The van der Waals surface area contributed by atoms with Crippen molar-refractivity contribution in [3.8, 4) is 12.3 Å². The second kappa shape index (κ2) is 4.76. The fraction of sp³-hybridized carbons (Fsp3) is 0.667. The first kappa shape index (κ1) is 13.5. The molecule has 5 heteroatoms. The summed E-state index contributed by atoms with van der Waals surface area (Å²) in [6, 6.07) is 0. The lowest BCUT2D eigenvalue weighted by atomic mass is 9.77. The van der Waals surface area contributed by atoms with Crippen molar-refractivity contribution in [3.05, 3.63) is 0 Å². The van der Waals surface area contributed by atoms with Crippen LogP contribution in [0.15, 0.2) is 0 Å². The molecule has 0 aliphatic carbocycles. The molecule has 1 atom stereocenters. The molecule has 0 spiro atoms. The highest BCUT2D eigenvalue weighted by molar-refractivity contribution is 6.00. The highest BCUT2D eigenvalue weighted by Gasteiger charge is 2.56. The first-order chi connectivity index (χ1) is 7.94. The quantitative estimate of drug-likeness (QED) is 0.303. The fourth-order valence-corrected chi connectivity index (χ4v) is 1.86. The summed E-state index contributed by atoms with van der Waals surface area (Å²) in [7, 11) is 2.43. The maximum atomic E-state index is 11.9. The predicted molar refractivity (Wildman–Crippen MR) is 58.9 cm³/mol. The minimum absolute atomic E-state index is 0.0642. The minimum Gasteiger partial charge on any atom is -0.468 e. The molecule has 0 saturated carbocycles.